The number of nitrogens with zero attached hydrogens (tertiary/aromatic N) is 1. The molecule has 1 aliphatic rings. The topological polar surface area (TPSA) is 24.5 Å². The highest BCUT2D eigenvalue weighted by Gasteiger charge is 2.27. The molecule has 18 heavy (non-hydrogen) atoms. The van der Waals surface area contributed by atoms with Gasteiger partial charge in [-0.2, -0.15) is 0 Å². The molecule has 0 aromatic rings. The van der Waals surface area contributed by atoms with Crippen LogP contribution in [0.2, 0.25) is 0 Å². The van der Waals surface area contributed by atoms with Gasteiger partial charge in [0, 0.05) is 13.2 Å². The first-order valence-electron chi connectivity index (χ1n) is 7.48. The number of nitrogens with one attached hydrogen (secondary N) is 1. The monoisotopic (exact) mass is 256 g/mol. The first-order valence-corrected chi connectivity index (χ1v) is 7.48. The van der Waals surface area contributed by atoms with E-state index in [4.69, 9.17) is 4.74 Å². The molecule has 1 N–H and O–H groups in total. The van der Waals surface area contributed by atoms with E-state index in [9.17, 15) is 0 Å². The van der Waals surface area contributed by atoms with Crippen LogP contribution in [0.3, 0.4) is 0 Å². The molecule has 3 heteroatoms. The third kappa shape index (κ3) is 5.25. The van der Waals surface area contributed by atoms with Crippen LogP contribution in [0.1, 0.15) is 47.0 Å². The maximum Gasteiger partial charge on any atom is 0.0637 e. The summed E-state index contributed by atoms with van der Waals surface area (Å²) in [6.45, 7) is 13.7. The van der Waals surface area contributed by atoms with E-state index in [1.807, 2.05) is 7.11 Å². The van der Waals surface area contributed by atoms with E-state index in [-0.39, 0.29) is 5.60 Å². The molecule has 1 aliphatic heterocycles. The van der Waals surface area contributed by atoms with Crippen LogP contribution in [0.25, 0.3) is 0 Å². The van der Waals surface area contributed by atoms with Crippen molar-refractivity contribution in [2.24, 2.45) is 5.92 Å². The lowest BCUT2D eigenvalue weighted by Gasteiger charge is -2.39. The predicted octanol–water partition coefficient (Wildman–Crippen LogP) is 2.51. The van der Waals surface area contributed by atoms with Gasteiger partial charge in [-0.05, 0) is 72.1 Å². The van der Waals surface area contributed by atoms with Crippen LogP contribution < -0.4 is 5.32 Å². The van der Waals surface area contributed by atoms with Crippen molar-refractivity contribution >= 4 is 0 Å². The SMILES string of the molecule is CCNCC1CCN(C(C)CC(C)(C)OC)CC1. The lowest BCUT2D eigenvalue weighted by molar-refractivity contribution is -0.0104. The molecule has 0 aromatic heterocycles. The molecule has 1 unspecified atom stereocenters. The maximum atomic E-state index is 5.54. The first kappa shape index (κ1) is 15.9. The number of methoxy groups -OCH3 is 1. The van der Waals surface area contributed by atoms with Gasteiger partial charge < -0.3 is 15.0 Å². The fourth-order valence-electron chi connectivity index (χ4n) is 2.87. The molecule has 3 nitrogen and oxygen atoms in total. The Hall–Kier alpha value is -0.120. The number of ether oxygens (including phenoxy) is 1. The summed E-state index contributed by atoms with van der Waals surface area (Å²) in [4.78, 5) is 2.63. The van der Waals surface area contributed by atoms with Crippen molar-refractivity contribution in [1.29, 1.82) is 0 Å². The zero-order chi connectivity index (χ0) is 13.6. The minimum absolute atomic E-state index is 0.0000311. The Kier molecular flexibility index (Phi) is 6.61. The molecule has 0 saturated carbocycles. The average molecular weight is 256 g/mol. The molecular formula is C15H32N2O. The molecule has 0 radical (unpaired) electrons. The maximum absolute atomic E-state index is 5.54. The van der Waals surface area contributed by atoms with Gasteiger partial charge in [-0.25, -0.2) is 0 Å². The predicted molar refractivity (Wildman–Crippen MR) is 78.0 cm³/mol. The summed E-state index contributed by atoms with van der Waals surface area (Å²) in [5.74, 6) is 0.879. The zero-order valence-electron chi connectivity index (χ0n) is 13.0. The minimum Gasteiger partial charge on any atom is -0.379 e. The molecule has 0 bridgehead atoms. The van der Waals surface area contributed by atoms with Crippen molar-refractivity contribution in [3.63, 3.8) is 0 Å². The lowest BCUT2D eigenvalue weighted by atomic mass is 9.93. The summed E-state index contributed by atoms with van der Waals surface area (Å²) in [5.41, 5.74) is 0.0000311. The Bertz CT molecular complexity index is 223. The summed E-state index contributed by atoms with van der Waals surface area (Å²) >= 11 is 0. The lowest BCUT2D eigenvalue weighted by Crippen LogP contribution is -2.44. The highest BCUT2D eigenvalue weighted by molar-refractivity contribution is 4.81. The highest BCUT2D eigenvalue weighted by atomic mass is 16.5. The summed E-state index contributed by atoms with van der Waals surface area (Å²) in [5, 5.41) is 3.47. The van der Waals surface area contributed by atoms with Crippen LogP contribution in [0.15, 0.2) is 0 Å². The highest BCUT2D eigenvalue weighted by Crippen LogP contribution is 2.23. The third-order valence-electron chi connectivity index (χ3n) is 4.30. The number of likely N-dealkylation sites (tertiary alicyclic amines) is 1. The number of rotatable bonds is 7. The summed E-state index contributed by atoms with van der Waals surface area (Å²) in [7, 11) is 1.81. The molecule has 0 amide bonds. The normalized spacial score (nSPS) is 21.2. The summed E-state index contributed by atoms with van der Waals surface area (Å²) in [6, 6.07) is 0.625. The van der Waals surface area contributed by atoms with Crippen LogP contribution >= 0.6 is 0 Å². The van der Waals surface area contributed by atoms with Gasteiger partial charge in [-0.1, -0.05) is 6.92 Å². The van der Waals surface area contributed by atoms with E-state index in [0.717, 1.165) is 18.9 Å². The molecule has 0 aliphatic carbocycles. The molecule has 108 valence electrons. The third-order valence-corrected chi connectivity index (χ3v) is 4.30. The van der Waals surface area contributed by atoms with Gasteiger partial charge in [0.15, 0.2) is 0 Å². The Morgan fingerprint density at radius 2 is 1.94 bits per heavy atom. The van der Waals surface area contributed by atoms with E-state index in [0.29, 0.717) is 6.04 Å². The zero-order valence-corrected chi connectivity index (χ0v) is 13.0. The van der Waals surface area contributed by atoms with Gasteiger partial charge >= 0.3 is 0 Å². The second-order valence-corrected chi connectivity index (χ2v) is 6.30. The van der Waals surface area contributed by atoms with Crippen LogP contribution in [0, 0.1) is 5.92 Å². The molecule has 1 fully saturated rings. The Balaban J connectivity index is 2.29. The second-order valence-electron chi connectivity index (χ2n) is 6.30. The molecular weight excluding hydrogens is 224 g/mol. The van der Waals surface area contributed by atoms with E-state index >= 15 is 0 Å². The second kappa shape index (κ2) is 7.46. The van der Waals surface area contributed by atoms with E-state index < -0.39 is 0 Å². The van der Waals surface area contributed by atoms with Crippen molar-refractivity contribution in [3.8, 4) is 0 Å². The smallest absolute Gasteiger partial charge is 0.0637 e. The Labute approximate surface area is 113 Å². The van der Waals surface area contributed by atoms with Crippen molar-refractivity contribution in [1.82, 2.24) is 10.2 Å². The Morgan fingerprint density at radius 1 is 1.33 bits per heavy atom. The number of hydrogen-bond acceptors (Lipinski definition) is 3. The molecule has 1 atom stereocenters. The average Bonchev–Trinajstić information content (AvgIpc) is 2.36. The van der Waals surface area contributed by atoms with E-state index in [1.54, 1.807) is 0 Å². The van der Waals surface area contributed by atoms with Gasteiger partial charge in [0.05, 0.1) is 5.60 Å². The fourth-order valence-corrected chi connectivity index (χ4v) is 2.87. The van der Waals surface area contributed by atoms with Crippen LogP contribution in [-0.4, -0.2) is 49.8 Å². The van der Waals surface area contributed by atoms with Gasteiger partial charge in [-0.3, -0.25) is 0 Å². The quantitative estimate of drug-likeness (QED) is 0.757. The van der Waals surface area contributed by atoms with Gasteiger partial charge in [0.25, 0.3) is 0 Å². The number of piperidine rings is 1. The van der Waals surface area contributed by atoms with Crippen molar-refractivity contribution in [2.75, 3.05) is 33.3 Å². The summed E-state index contributed by atoms with van der Waals surface area (Å²) in [6.07, 6.45) is 3.79. The van der Waals surface area contributed by atoms with Crippen LogP contribution in [0.4, 0.5) is 0 Å². The van der Waals surface area contributed by atoms with Crippen LogP contribution in [-0.2, 0) is 4.74 Å². The standard InChI is InChI=1S/C15H32N2O/c1-6-16-12-14-7-9-17(10-8-14)13(2)11-15(3,4)18-5/h13-14,16H,6-12H2,1-5H3. The van der Waals surface area contributed by atoms with Crippen molar-refractivity contribution < 1.29 is 4.74 Å². The van der Waals surface area contributed by atoms with Crippen molar-refractivity contribution in [3.05, 3.63) is 0 Å². The van der Waals surface area contributed by atoms with Gasteiger partial charge in [-0.15, -0.1) is 0 Å². The minimum atomic E-state index is 0.0000311. The number of hydrogen-bond donors (Lipinski definition) is 1. The summed E-state index contributed by atoms with van der Waals surface area (Å²) < 4.78 is 5.54. The van der Waals surface area contributed by atoms with Crippen molar-refractivity contribution in [2.45, 2.75) is 58.6 Å². The largest absolute Gasteiger partial charge is 0.379 e. The first-order chi connectivity index (χ1) is 8.48. The molecule has 1 heterocycles. The fraction of sp³-hybridized carbons (Fsp3) is 1.00. The molecule has 0 aromatic carbocycles. The van der Waals surface area contributed by atoms with Gasteiger partial charge in [0.1, 0.15) is 0 Å². The molecule has 1 rings (SSSR count). The van der Waals surface area contributed by atoms with Gasteiger partial charge in [0.2, 0.25) is 0 Å². The Morgan fingerprint density at radius 3 is 2.44 bits per heavy atom. The van der Waals surface area contributed by atoms with E-state index in [1.165, 1.54) is 32.5 Å². The molecule has 0 spiro atoms. The van der Waals surface area contributed by atoms with Crippen LogP contribution in [0.5, 0.6) is 0 Å². The molecule has 1 saturated heterocycles. The van der Waals surface area contributed by atoms with E-state index in [2.05, 4.69) is 37.9 Å².